The van der Waals surface area contributed by atoms with E-state index in [0.29, 0.717) is 0 Å². The van der Waals surface area contributed by atoms with Crippen LogP contribution in [0.4, 0.5) is 0 Å². The second-order valence-electron chi connectivity index (χ2n) is 0.962. The van der Waals surface area contributed by atoms with E-state index in [1.54, 1.807) is 0 Å². The Kier molecular flexibility index (Phi) is 3.18. The summed E-state index contributed by atoms with van der Waals surface area (Å²) in [5.41, 5.74) is 0. The van der Waals surface area contributed by atoms with Crippen molar-refractivity contribution in [2.75, 3.05) is 0 Å². The maximum Gasteiger partial charge on any atom is 2.00 e. The van der Waals surface area contributed by atoms with Gasteiger partial charge in [-0.25, -0.2) is 12.1 Å². The van der Waals surface area contributed by atoms with Crippen molar-refractivity contribution in [2.24, 2.45) is 0 Å². The molecule has 0 radical (unpaired) electrons. The van der Waals surface area contributed by atoms with Gasteiger partial charge in [-0.05, 0) is 0 Å². The van der Waals surface area contributed by atoms with E-state index in [2.05, 4.69) is 0 Å². The van der Waals surface area contributed by atoms with E-state index >= 15 is 0 Å². The Labute approximate surface area is 50.6 Å². The molecule has 0 aliphatic carbocycles. The van der Waals surface area contributed by atoms with Crippen molar-refractivity contribution in [3.63, 3.8) is 0 Å². The van der Waals surface area contributed by atoms with E-state index in [9.17, 15) is 0 Å². The van der Waals surface area contributed by atoms with Crippen molar-refractivity contribution in [3.05, 3.63) is 30.3 Å². The van der Waals surface area contributed by atoms with E-state index in [0.717, 1.165) is 0 Å². The molecular formula is C5H5Os+. The summed E-state index contributed by atoms with van der Waals surface area (Å²) in [5.74, 6) is 0. The third-order valence-corrected chi connectivity index (χ3v) is 0.556. The maximum absolute atomic E-state index is 2.00. The van der Waals surface area contributed by atoms with Gasteiger partial charge in [-0.1, -0.05) is 0 Å². The summed E-state index contributed by atoms with van der Waals surface area (Å²) in [6, 6.07) is 10.0. The predicted octanol–water partition coefficient (Wildman–Crippen LogP) is 1.40. The largest absolute Gasteiger partial charge is 2.00 e. The molecule has 0 aliphatic rings. The van der Waals surface area contributed by atoms with Crippen molar-refractivity contribution >= 4 is 0 Å². The first kappa shape index (κ1) is 5.99. The molecule has 0 amide bonds. The average Bonchev–Trinajstić information content (AvgIpc) is 1.76. The Morgan fingerprint density at radius 1 is 1.00 bits per heavy atom. The van der Waals surface area contributed by atoms with Crippen LogP contribution in [0.3, 0.4) is 0 Å². The zero-order valence-electron chi connectivity index (χ0n) is 3.24. The normalized spacial score (nSPS) is 6.67. The summed E-state index contributed by atoms with van der Waals surface area (Å²) in [6.45, 7) is 0. The van der Waals surface area contributed by atoms with Gasteiger partial charge in [-0.2, -0.15) is 18.2 Å². The topological polar surface area (TPSA) is 0 Å². The molecule has 0 N–H and O–H groups in total. The fourth-order valence-corrected chi connectivity index (χ4v) is 0.321. The van der Waals surface area contributed by atoms with Gasteiger partial charge in [0.1, 0.15) is 0 Å². The van der Waals surface area contributed by atoms with E-state index < -0.39 is 0 Å². The molecule has 0 atom stereocenters. The number of hydrogen-bond donors (Lipinski definition) is 0. The summed E-state index contributed by atoms with van der Waals surface area (Å²) in [7, 11) is 0. The van der Waals surface area contributed by atoms with Crippen molar-refractivity contribution in [1.82, 2.24) is 0 Å². The molecule has 6 heavy (non-hydrogen) atoms. The molecule has 0 aromatic heterocycles. The van der Waals surface area contributed by atoms with Crippen molar-refractivity contribution < 1.29 is 19.8 Å². The van der Waals surface area contributed by atoms with Gasteiger partial charge in [0, 0.05) is 0 Å². The Morgan fingerprint density at radius 2 is 1.50 bits per heavy atom. The molecule has 0 heterocycles. The van der Waals surface area contributed by atoms with Crippen LogP contribution in [0.1, 0.15) is 0 Å². The second-order valence-corrected chi connectivity index (χ2v) is 0.962. The molecule has 1 aromatic rings. The Hall–Kier alpha value is -0.0136. The summed E-state index contributed by atoms with van der Waals surface area (Å²) in [4.78, 5) is 0. The zero-order valence-corrected chi connectivity index (χ0v) is 5.78. The molecule has 1 heteroatoms. The Bertz CT molecular complexity index is 60.4. The first-order valence-corrected chi connectivity index (χ1v) is 1.67. The molecule has 1 rings (SSSR count). The molecule has 1 aromatic carbocycles. The summed E-state index contributed by atoms with van der Waals surface area (Å²) in [6.07, 6.45) is 0. The first-order valence-electron chi connectivity index (χ1n) is 1.67. The Morgan fingerprint density at radius 3 is 1.67 bits per heavy atom. The maximum atomic E-state index is 2.00. The summed E-state index contributed by atoms with van der Waals surface area (Å²) >= 11 is 0. The van der Waals surface area contributed by atoms with Crippen LogP contribution >= 0.6 is 0 Å². The van der Waals surface area contributed by atoms with Gasteiger partial charge in [0.2, 0.25) is 0 Å². The molecule has 0 fully saturated rings. The van der Waals surface area contributed by atoms with E-state index in [1.807, 2.05) is 30.3 Å². The van der Waals surface area contributed by atoms with Crippen LogP contribution in [0, 0.1) is 0 Å². The molecule has 0 saturated heterocycles. The molecule has 0 bridgehead atoms. The smallest absolute Gasteiger partial charge is 0.214 e. The van der Waals surface area contributed by atoms with Crippen molar-refractivity contribution in [2.45, 2.75) is 0 Å². The van der Waals surface area contributed by atoms with Crippen LogP contribution in [-0.4, -0.2) is 0 Å². The van der Waals surface area contributed by atoms with E-state index in [4.69, 9.17) is 0 Å². The van der Waals surface area contributed by atoms with Gasteiger partial charge in [-0.15, -0.1) is 0 Å². The third kappa shape index (κ3) is 1.43. The molecule has 0 unspecified atom stereocenters. The molecule has 0 saturated carbocycles. The monoisotopic (exact) mass is 257 g/mol. The molecular weight excluding hydrogens is 250 g/mol. The van der Waals surface area contributed by atoms with Gasteiger partial charge in [0.15, 0.2) is 0 Å². The van der Waals surface area contributed by atoms with E-state index in [1.165, 1.54) is 0 Å². The molecule has 32 valence electrons. The van der Waals surface area contributed by atoms with Crippen LogP contribution in [0.2, 0.25) is 0 Å². The molecule has 0 aliphatic heterocycles. The van der Waals surface area contributed by atoms with Gasteiger partial charge in [0.25, 0.3) is 0 Å². The predicted molar refractivity (Wildman–Crippen MR) is 22.0 cm³/mol. The van der Waals surface area contributed by atoms with Crippen LogP contribution < -0.4 is 0 Å². The van der Waals surface area contributed by atoms with Crippen LogP contribution in [0.15, 0.2) is 30.3 Å². The number of hydrogen-bond acceptors (Lipinski definition) is 0. The zero-order chi connectivity index (χ0) is 3.54. The van der Waals surface area contributed by atoms with Crippen LogP contribution in [0.5, 0.6) is 0 Å². The van der Waals surface area contributed by atoms with Gasteiger partial charge < -0.3 is 0 Å². The van der Waals surface area contributed by atoms with Gasteiger partial charge in [0.05, 0.1) is 0 Å². The standard InChI is InChI=1S/C5H5.Os/c1-2-4-5-3-1;/h1-5H;/q-1;+2. The van der Waals surface area contributed by atoms with Crippen molar-refractivity contribution in [1.29, 1.82) is 0 Å². The van der Waals surface area contributed by atoms with Crippen LogP contribution in [-0.2, 0) is 19.8 Å². The van der Waals surface area contributed by atoms with Gasteiger partial charge in [-0.3, -0.25) is 0 Å². The SMILES string of the molecule is [Os+2].c1cc[cH-]c1. The molecule has 0 nitrogen and oxygen atoms in total. The summed E-state index contributed by atoms with van der Waals surface area (Å²) < 4.78 is 0. The second kappa shape index (κ2) is 3.19. The summed E-state index contributed by atoms with van der Waals surface area (Å²) in [5, 5.41) is 0. The minimum atomic E-state index is 0. The third-order valence-electron chi connectivity index (χ3n) is 0.556. The van der Waals surface area contributed by atoms with Crippen molar-refractivity contribution in [3.8, 4) is 0 Å². The Balaban J connectivity index is 0.000000250. The molecule has 0 spiro atoms. The first-order chi connectivity index (χ1) is 2.50. The fraction of sp³-hybridized carbons (Fsp3) is 0. The minimum absolute atomic E-state index is 0. The van der Waals surface area contributed by atoms with Gasteiger partial charge >= 0.3 is 19.8 Å². The average molecular weight is 255 g/mol. The van der Waals surface area contributed by atoms with E-state index in [-0.39, 0.29) is 19.8 Å². The minimum Gasteiger partial charge on any atom is -0.214 e. The fourth-order valence-electron chi connectivity index (χ4n) is 0.321. The number of rotatable bonds is 0. The van der Waals surface area contributed by atoms with Crippen LogP contribution in [0.25, 0.3) is 0 Å². The quantitative estimate of drug-likeness (QED) is 0.615.